The van der Waals surface area contributed by atoms with E-state index in [1.165, 1.54) is 26.4 Å². The monoisotopic (exact) mass is 291 g/mol. The van der Waals surface area contributed by atoms with E-state index in [9.17, 15) is 13.2 Å². The van der Waals surface area contributed by atoms with Crippen molar-refractivity contribution in [1.29, 1.82) is 0 Å². The molecular weight excluding hydrogens is 282 g/mol. The van der Waals surface area contributed by atoms with Gasteiger partial charge in [-0.1, -0.05) is 0 Å². The molecule has 1 aliphatic rings. The van der Waals surface area contributed by atoms with Gasteiger partial charge in [0.25, 0.3) is 15.9 Å². The first-order valence-electron chi connectivity index (χ1n) is 4.87. The number of alkyl halides is 1. The molecule has 0 atom stereocenters. The van der Waals surface area contributed by atoms with Crippen molar-refractivity contribution in [2.75, 3.05) is 20.2 Å². The van der Waals surface area contributed by atoms with E-state index in [0.29, 0.717) is 4.31 Å². The molecule has 0 saturated carbocycles. The van der Waals surface area contributed by atoms with Crippen molar-refractivity contribution >= 4 is 27.5 Å². The summed E-state index contributed by atoms with van der Waals surface area (Å²) in [4.78, 5) is 11.8. The fraction of sp³-hybridized carbons (Fsp3) is 0.300. The summed E-state index contributed by atoms with van der Waals surface area (Å²) < 4.78 is 34.9. The lowest BCUT2D eigenvalue weighted by Crippen LogP contribution is -2.28. The number of amides is 1. The molecular formula is C10H10ClNO5S. The predicted octanol–water partition coefficient (Wildman–Crippen LogP) is 1.04. The smallest absolute Gasteiger partial charge is 0.274 e. The Morgan fingerprint density at radius 3 is 2.28 bits per heavy atom. The van der Waals surface area contributed by atoms with Crippen molar-refractivity contribution < 1.29 is 22.7 Å². The van der Waals surface area contributed by atoms with Gasteiger partial charge in [-0.05, 0) is 12.1 Å². The maximum atomic E-state index is 12.2. The molecule has 1 amide bonds. The zero-order valence-corrected chi connectivity index (χ0v) is 11.2. The van der Waals surface area contributed by atoms with Crippen molar-refractivity contribution in [1.82, 2.24) is 4.31 Å². The Bertz CT molecular complexity index is 613. The van der Waals surface area contributed by atoms with Gasteiger partial charge in [0.1, 0.15) is 28.0 Å². The number of carbonyl (C=O) groups is 1. The average molecular weight is 292 g/mol. The van der Waals surface area contributed by atoms with Crippen LogP contribution >= 0.6 is 11.6 Å². The summed E-state index contributed by atoms with van der Waals surface area (Å²) in [7, 11) is -1.30. The Morgan fingerprint density at radius 2 is 1.78 bits per heavy atom. The molecule has 2 rings (SSSR count). The molecule has 0 radical (unpaired) electrons. The molecule has 6 nitrogen and oxygen atoms in total. The molecule has 98 valence electrons. The second-order valence-electron chi connectivity index (χ2n) is 3.45. The van der Waals surface area contributed by atoms with Crippen LogP contribution < -0.4 is 9.47 Å². The van der Waals surface area contributed by atoms with Gasteiger partial charge in [0, 0.05) is 0 Å². The number of rotatable bonds is 3. The van der Waals surface area contributed by atoms with E-state index in [1.54, 1.807) is 0 Å². The molecule has 0 aromatic heterocycles. The van der Waals surface area contributed by atoms with Crippen LogP contribution in [0.5, 0.6) is 11.5 Å². The number of benzene rings is 1. The largest absolute Gasteiger partial charge is 0.496 e. The van der Waals surface area contributed by atoms with Crippen LogP contribution in [0.15, 0.2) is 17.0 Å². The van der Waals surface area contributed by atoms with Gasteiger partial charge < -0.3 is 9.47 Å². The zero-order chi connectivity index (χ0) is 13.5. The average Bonchev–Trinajstić information content (AvgIpc) is 2.56. The number of hydrogen-bond acceptors (Lipinski definition) is 5. The van der Waals surface area contributed by atoms with E-state index in [2.05, 4.69) is 0 Å². The van der Waals surface area contributed by atoms with Gasteiger partial charge in [-0.25, -0.2) is 12.7 Å². The fourth-order valence-corrected chi connectivity index (χ4v) is 3.80. The van der Waals surface area contributed by atoms with Gasteiger partial charge in [0.15, 0.2) is 0 Å². The van der Waals surface area contributed by atoms with E-state index in [4.69, 9.17) is 21.1 Å². The maximum Gasteiger partial charge on any atom is 0.274 e. The molecule has 0 bridgehead atoms. The van der Waals surface area contributed by atoms with Gasteiger partial charge >= 0.3 is 0 Å². The van der Waals surface area contributed by atoms with Crippen molar-refractivity contribution in [3.63, 3.8) is 0 Å². The molecule has 0 saturated heterocycles. The molecule has 0 spiro atoms. The van der Waals surface area contributed by atoms with Crippen LogP contribution in [0, 0.1) is 0 Å². The van der Waals surface area contributed by atoms with Crippen LogP contribution in [0.3, 0.4) is 0 Å². The Hall–Kier alpha value is -1.47. The number of halogens is 1. The predicted molar refractivity (Wildman–Crippen MR) is 63.6 cm³/mol. The van der Waals surface area contributed by atoms with Gasteiger partial charge in [0.05, 0.1) is 14.2 Å². The summed E-state index contributed by atoms with van der Waals surface area (Å²) in [6.07, 6.45) is 0. The minimum Gasteiger partial charge on any atom is -0.496 e. The SMILES string of the molecule is COc1ccc(OC)c2c1C(=O)N(CCl)S2(=O)=O. The van der Waals surface area contributed by atoms with Crippen LogP contribution in [-0.2, 0) is 10.0 Å². The number of methoxy groups -OCH3 is 2. The normalized spacial score (nSPS) is 16.6. The highest BCUT2D eigenvalue weighted by atomic mass is 35.5. The van der Waals surface area contributed by atoms with Crippen molar-refractivity contribution in [2.24, 2.45) is 0 Å². The third-order valence-corrected chi connectivity index (χ3v) is 4.80. The quantitative estimate of drug-likeness (QED) is 0.615. The third-order valence-electron chi connectivity index (χ3n) is 2.62. The summed E-state index contributed by atoms with van der Waals surface area (Å²) in [6.45, 7) is 0. The third kappa shape index (κ3) is 1.54. The van der Waals surface area contributed by atoms with E-state index in [0.717, 1.165) is 0 Å². The number of hydrogen-bond donors (Lipinski definition) is 0. The van der Waals surface area contributed by atoms with E-state index < -0.39 is 21.9 Å². The van der Waals surface area contributed by atoms with Crippen molar-refractivity contribution in [3.8, 4) is 11.5 Å². The molecule has 1 heterocycles. The first kappa shape index (κ1) is 13.0. The summed E-state index contributed by atoms with van der Waals surface area (Å²) in [6, 6.07) is 2.45. The number of carbonyl (C=O) groups excluding carboxylic acids is 1. The molecule has 18 heavy (non-hydrogen) atoms. The molecule has 1 aliphatic heterocycles. The highest BCUT2D eigenvalue weighted by Crippen LogP contribution is 2.42. The lowest BCUT2D eigenvalue weighted by Gasteiger charge is -2.10. The topological polar surface area (TPSA) is 72.9 Å². The Balaban J connectivity index is 2.84. The minimum atomic E-state index is -3.97. The van der Waals surface area contributed by atoms with E-state index in [-0.39, 0.29) is 22.0 Å². The summed E-state index contributed by atoms with van der Waals surface area (Å²) >= 11 is 5.51. The van der Waals surface area contributed by atoms with Crippen LogP contribution in [0.4, 0.5) is 0 Å². The van der Waals surface area contributed by atoms with Crippen LogP contribution in [0.25, 0.3) is 0 Å². The molecule has 8 heteroatoms. The summed E-state index contributed by atoms with van der Waals surface area (Å²) in [5.74, 6) is -0.450. The van der Waals surface area contributed by atoms with Gasteiger partial charge in [-0.2, -0.15) is 0 Å². The Kier molecular flexibility index (Phi) is 3.12. The zero-order valence-electron chi connectivity index (χ0n) is 9.64. The van der Waals surface area contributed by atoms with E-state index in [1.807, 2.05) is 0 Å². The highest BCUT2D eigenvalue weighted by Gasteiger charge is 2.45. The van der Waals surface area contributed by atoms with Crippen LogP contribution in [0.2, 0.25) is 0 Å². The summed E-state index contributed by atoms with van der Waals surface area (Å²) in [5, 5.41) is 0. The molecule has 0 N–H and O–H groups in total. The minimum absolute atomic E-state index is 0.0440. The van der Waals surface area contributed by atoms with Gasteiger partial charge in [-0.3, -0.25) is 4.79 Å². The van der Waals surface area contributed by atoms with Gasteiger partial charge in [0.2, 0.25) is 0 Å². The second kappa shape index (κ2) is 4.33. The Morgan fingerprint density at radius 1 is 1.22 bits per heavy atom. The highest BCUT2D eigenvalue weighted by molar-refractivity contribution is 7.90. The molecule has 0 aliphatic carbocycles. The van der Waals surface area contributed by atoms with Gasteiger partial charge in [-0.15, -0.1) is 11.6 Å². The van der Waals surface area contributed by atoms with Crippen molar-refractivity contribution in [2.45, 2.75) is 4.90 Å². The lowest BCUT2D eigenvalue weighted by atomic mass is 10.1. The molecule has 0 fully saturated rings. The second-order valence-corrected chi connectivity index (χ2v) is 5.49. The maximum absolute atomic E-state index is 12.2. The lowest BCUT2D eigenvalue weighted by molar-refractivity contribution is 0.0882. The first-order chi connectivity index (χ1) is 8.48. The first-order valence-corrected chi connectivity index (χ1v) is 6.84. The number of ether oxygens (including phenoxy) is 2. The van der Waals surface area contributed by atoms with E-state index >= 15 is 0 Å². The fourth-order valence-electron chi connectivity index (χ4n) is 1.80. The number of sulfonamides is 1. The molecule has 1 aromatic rings. The van der Waals surface area contributed by atoms with Crippen LogP contribution in [0.1, 0.15) is 10.4 Å². The van der Waals surface area contributed by atoms with Crippen molar-refractivity contribution in [3.05, 3.63) is 17.7 Å². The Labute approximate surface area is 109 Å². The number of fused-ring (bicyclic) bond motifs is 1. The molecule has 1 aromatic carbocycles. The molecule has 0 unspecified atom stereocenters. The standard InChI is InChI=1S/C10H10ClNO5S/c1-16-6-3-4-7(17-2)9-8(6)10(13)12(5-11)18(9,14)15/h3-4H,5H2,1-2H3. The van der Waals surface area contributed by atoms with Crippen LogP contribution in [-0.4, -0.2) is 38.9 Å². The number of nitrogens with zero attached hydrogens (tertiary/aromatic N) is 1. The summed E-state index contributed by atoms with van der Waals surface area (Å²) in [5.41, 5.74) is -0.0440.